The Morgan fingerprint density at radius 2 is 0.452 bits per heavy atom. The molecular formula is C30H64Si. The van der Waals surface area contributed by atoms with Gasteiger partial charge in [0.15, 0.2) is 0 Å². The Kier molecular flexibility index (Phi) is 28.4. The maximum absolute atomic E-state index is 2.32. The Hall–Kier alpha value is 0.217. The van der Waals surface area contributed by atoms with Crippen LogP contribution in [0.3, 0.4) is 0 Å². The molecule has 0 heterocycles. The van der Waals surface area contributed by atoms with Crippen LogP contribution in [0.4, 0.5) is 0 Å². The lowest BCUT2D eigenvalue weighted by molar-refractivity contribution is 0.577. The van der Waals surface area contributed by atoms with Gasteiger partial charge in [0.2, 0.25) is 0 Å². The number of hydrogen-bond donors (Lipinski definition) is 0. The molecule has 0 N–H and O–H groups in total. The molecule has 31 heavy (non-hydrogen) atoms. The molecule has 0 aromatic heterocycles. The largest absolute Gasteiger partial charge is 0.0654 e. The van der Waals surface area contributed by atoms with Crippen molar-refractivity contribution < 1.29 is 0 Å². The van der Waals surface area contributed by atoms with E-state index >= 15 is 0 Å². The van der Waals surface area contributed by atoms with Crippen molar-refractivity contribution in [2.75, 3.05) is 0 Å². The summed E-state index contributed by atoms with van der Waals surface area (Å²) in [6.45, 7) is 6.97. The van der Waals surface area contributed by atoms with Crippen molar-refractivity contribution in [1.82, 2.24) is 0 Å². The summed E-state index contributed by atoms with van der Waals surface area (Å²) in [5, 5.41) is 0. The van der Waals surface area contributed by atoms with E-state index in [1.807, 2.05) is 0 Å². The molecule has 0 atom stereocenters. The van der Waals surface area contributed by atoms with Crippen LogP contribution in [0, 0.1) is 0 Å². The van der Waals surface area contributed by atoms with E-state index in [9.17, 15) is 0 Å². The van der Waals surface area contributed by atoms with Crippen LogP contribution >= 0.6 is 0 Å². The molecule has 0 saturated heterocycles. The predicted molar refractivity (Wildman–Crippen MR) is 149 cm³/mol. The summed E-state index contributed by atoms with van der Waals surface area (Å²) in [5.41, 5.74) is 0. The monoisotopic (exact) mass is 452 g/mol. The zero-order valence-electron chi connectivity index (χ0n) is 22.7. The minimum absolute atomic E-state index is 0.444. The third-order valence-corrected chi connectivity index (χ3v) is 11.1. The normalized spacial score (nSPS) is 11.6. The Bertz CT molecular complexity index is 253. The van der Waals surface area contributed by atoms with Gasteiger partial charge in [-0.2, -0.15) is 0 Å². The van der Waals surface area contributed by atoms with Gasteiger partial charge in [-0.1, -0.05) is 193 Å². The van der Waals surface area contributed by atoms with Crippen LogP contribution in [0.1, 0.15) is 175 Å². The number of unbranched alkanes of at least 4 members (excludes halogenated alkanes) is 21. The smallest absolute Gasteiger partial charge is 0.0367 e. The van der Waals surface area contributed by atoms with Crippen LogP contribution < -0.4 is 0 Å². The highest BCUT2D eigenvalue weighted by Crippen LogP contribution is 2.21. The maximum atomic E-state index is 2.32. The van der Waals surface area contributed by atoms with Crippen molar-refractivity contribution in [2.45, 2.75) is 193 Å². The second-order valence-electron chi connectivity index (χ2n) is 10.7. The van der Waals surface area contributed by atoms with E-state index in [2.05, 4.69) is 20.8 Å². The molecule has 0 radical (unpaired) electrons. The molecule has 0 aromatic rings. The summed E-state index contributed by atoms with van der Waals surface area (Å²) in [6, 6.07) is 5.01. The first-order valence-electron chi connectivity index (χ1n) is 15.3. The van der Waals surface area contributed by atoms with E-state index in [0.29, 0.717) is 0 Å². The fourth-order valence-electron chi connectivity index (χ4n) is 5.13. The summed E-state index contributed by atoms with van der Waals surface area (Å²) < 4.78 is 0. The second kappa shape index (κ2) is 28.2. The van der Waals surface area contributed by atoms with E-state index in [1.165, 1.54) is 135 Å². The lowest BCUT2D eigenvalue weighted by atomic mass is 10.1. The Labute approximate surface area is 201 Å². The highest BCUT2D eigenvalue weighted by atomic mass is 28.3. The van der Waals surface area contributed by atoms with Gasteiger partial charge in [-0.25, -0.2) is 0 Å². The Morgan fingerprint density at radius 1 is 0.258 bits per heavy atom. The van der Waals surface area contributed by atoms with Crippen LogP contribution in [-0.4, -0.2) is 8.80 Å². The predicted octanol–water partition coefficient (Wildman–Crippen LogP) is 11.6. The summed E-state index contributed by atoms with van der Waals surface area (Å²) in [6.07, 6.45) is 35.7. The van der Waals surface area contributed by atoms with Gasteiger partial charge >= 0.3 is 0 Å². The van der Waals surface area contributed by atoms with Gasteiger partial charge in [0.1, 0.15) is 0 Å². The molecule has 0 spiro atoms. The van der Waals surface area contributed by atoms with Crippen molar-refractivity contribution in [3.05, 3.63) is 0 Å². The average Bonchev–Trinajstić information content (AvgIpc) is 2.78. The zero-order valence-corrected chi connectivity index (χ0v) is 23.8. The first-order valence-corrected chi connectivity index (χ1v) is 17.8. The van der Waals surface area contributed by atoms with Crippen molar-refractivity contribution in [3.8, 4) is 0 Å². The first-order chi connectivity index (χ1) is 15.3. The third-order valence-electron chi connectivity index (χ3n) is 7.40. The summed E-state index contributed by atoms with van der Waals surface area (Å²) in [5.74, 6) is 0. The fraction of sp³-hybridized carbons (Fsp3) is 1.00. The van der Waals surface area contributed by atoms with Crippen LogP contribution in [0.5, 0.6) is 0 Å². The minimum atomic E-state index is -0.444. The van der Waals surface area contributed by atoms with Gasteiger partial charge in [0.05, 0.1) is 0 Å². The van der Waals surface area contributed by atoms with Gasteiger partial charge in [0.25, 0.3) is 0 Å². The van der Waals surface area contributed by atoms with Gasteiger partial charge in [-0.05, 0) is 0 Å². The summed E-state index contributed by atoms with van der Waals surface area (Å²) in [4.78, 5) is 0. The molecule has 0 aliphatic heterocycles. The van der Waals surface area contributed by atoms with Gasteiger partial charge in [-0.3, -0.25) is 0 Å². The lowest BCUT2D eigenvalue weighted by Gasteiger charge is -2.15. The Balaban J connectivity index is 3.82. The van der Waals surface area contributed by atoms with E-state index in [1.54, 1.807) is 37.4 Å². The molecule has 0 nitrogen and oxygen atoms in total. The first kappa shape index (κ1) is 31.2. The molecular weight excluding hydrogens is 388 g/mol. The van der Waals surface area contributed by atoms with Crippen LogP contribution in [0.25, 0.3) is 0 Å². The topological polar surface area (TPSA) is 0 Å². The van der Waals surface area contributed by atoms with Crippen molar-refractivity contribution in [3.63, 3.8) is 0 Å². The maximum Gasteiger partial charge on any atom is 0.0367 e. The lowest BCUT2D eigenvalue weighted by Crippen LogP contribution is -2.12. The van der Waals surface area contributed by atoms with E-state index < -0.39 is 8.80 Å². The van der Waals surface area contributed by atoms with Crippen LogP contribution in [0.15, 0.2) is 0 Å². The Morgan fingerprint density at radius 3 is 0.677 bits per heavy atom. The van der Waals surface area contributed by atoms with Crippen LogP contribution in [-0.2, 0) is 0 Å². The molecule has 0 unspecified atom stereocenters. The van der Waals surface area contributed by atoms with Crippen molar-refractivity contribution in [1.29, 1.82) is 0 Å². The summed E-state index contributed by atoms with van der Waals surface area (Å²) >= 11 is 0. The molecule has 0 aromatic carbocycles. The summed E-state index contributed by atoms with van der Waals surface area (Å²) in [7, 11) is -0.444. The van der Waals surface area contributed by atoms with Crippen molar-refractivity contribution in [2.24, 2.45) is 0 Å². The van der Waals surface area contributed by atoms with E-state index in [-0.39, 0.29) is 0 Å². The molecule has 0 amide bonds. The second-order valence-corrected chi connectivity index (χ2v) is 14.1. The molecule has 0 aliphatic carbocycles. The highest BCUT2D eigenvalue weighted by Gasteiger charge is 2.10. The quantitative estimate of drug-likeness (QED) is 0.0858. The standard InChI is InChI=1S/C30H64Si/c1-4-7-10-13-16-19-22-25-28-31(29-26-23-20-17-14-11-8-5-2)30-27-24-21-18-15-12-9-6-3/h31H,4-30H2,1-3H3. The van der Waals surface area contributed by atoms with Gasteiger partial charge < -0.3 is 0 Å². The molecule has 188 valence electrons. The molecule has 0 rings (SSSR count). The van der Waals surface area contributed by atoms with Crippen molar-refractivity contribution >= 4 is 8.80 Å². The molecule has 0 aliphatic rings. The zero-order chi connectivity index (χ0) is 22.7. The number of rotatable bonds is 27. The highest BCUT2D eigenvalue weighted by molar-refractivity contribution is 6.58. The van der Waals surface area contributed by atoms with Gasteiger partial charge in [-0.15, -0.1) is 0 Å². The minimum Gasteiger partial charge on any atom is -0.0654 e. The van der Waals surface area contributed by atoms with Crippen LogP contribution in [0.2, 0.25) is 18.1 Å². The van der Waals surface area contributed by atoms with E-state index in [0.717, 1.165) is 0 Å². The number of hydrogen-bond acceptors (Lipinski definition) is 0. The molecule has 0 fully saturated rings. The van der Waals surface area contributed by atoms with E-state index in [4.69, 9.17) is 0 Å². The third kappa shape index (κ3) is 26.3. The van der Waals surface area contributed by atoms with Gasteiger partial charge in [0, 0.05) is 8.80 Å². The average molecular weight is 453 g/mol. The molecule has 0 bridgehead atoms. The molecule has 1 heteroatoms. The molecule has 0 saturated carbocycles. The SMILES string of the molecule is CCCCCCCCCC[SiH](CCCCCCCCCC)CCCCCCCCCC. The fourth-order valence-corrected chi connectivity index (χ4v) is 8.60.